The lowest BCUT2D eigenvalue weighted by Crippen LogP contribution is -2.30. The number of benzene rings is 2. The number of hydrogen-bond acceptors (Lipinski definition) is 5. The highest BCUT2D eigenvalue weighted by Gasteiger charge is 2.18. The first-order chi connectivity index (χ1) is 12.5. The zero-order valence-electron chi connectivity index (χ0n) is 15.2. The van der Waals surface area contributed by atoms with Crippen LogP contribution in [0.2, 0.25) is 0 Å². The van der Waals surface area contributed by atoms with Crippen molar-refractivity contribution in [2.24, 2.45) is 0 Å². The summed E-state index contributed by atoms with van der Waals surface area (Å²) in [5.74, 6) is 0.234. The van der Waals surface area contributed by atoms with Crippen molar-refractivity contribution in [3.8, 4) is 11.5 Å². The van der Waals surface area contributed by atoms with Gasteiger partial charge in [-0.05, 0) is 31.0 Å². The smallest absolute Gasteiger partial charge is 0.306 e. The molecular formula is C20H23NO5. The van der Waals surface area contributed by atoms with Gasteiger partial charge < -0.3 is 19.5 Å². The van der Waals surface area contributed by atoms with Gasteiger partial charge in [-0.3, -0.25) is 9.59 Å². The summed E-state index contributed by atoms with van der Waals surface area (Å²) >= 11 is 0. The monoisotopic (exact) mass is 357 g/mol. The van der Waals surface area contributed by atoms with Crippen molar-refractivity contribution in [1.29, 1.82) is 0 Å². The molecule has 138 valence electrons. The third-order valence-corrected chi connectivity index (χ3v) is 3.79. The molecule has 1 atom stereocenters. The molecule has 0 aromatic heterocycles. The van der Waals surface area contributed by atoms with Gasteiger partial charge in [0.25, 0.3) is 5.91 Å². The van der Waals surface area contributed by atoms with Gasteiger partial charge in [-0.25, -0.2) is 0 Å². The summed E-state index contributed by atoms with van der Waals surface area (Å²) < 4.78 is 15.5. The molecule has 0 saturated heterocycles. The van der Waals surface area contributed by atoms with E-state index in [1.807, 2.05) is 30.3 Å². The maximum atomic E-state index is 12.2. The third kappa shape index (κ3) is 5.51. The quantitative estimate of drug-likeness (QED) is 0.735. The number of ether oxygens (including phenoxy) is 3. The molecule has 26 heavy (non-hydrogen) atoms. The fraction of sp³-hybridized carbons (Fsp3) is 0.300. The van der Waals surface area contributed by atoms with Crippen LogP contribution in [0.5, 0.6) is 11.5 Å². The minimum atomic E-state index is -0.897. The summed E-state index contributed by atoms with van der Waals surface area (Å²) in [6.45, 7) is 1.54. The van der Waals surface area contributed by atoms with Crippen LogP contribution in [0.15, 0.2) is 48.5 Å². The average Bonchev–Trinajstić information content (AvgIpc) is 2.67. The topological polar surface area (TPSA) is 73.9 Å². The van der Waals surface area contributed by atoms with Gasteiger partial charge >= 0.3 is 5.97 Å². The first kappa shape index (κ1) is 19.3. The number of amides is 1. The Balaban J connectivity index is 1.86. The summed E-state index contributed by atoms with van der Waals surface area (Å²) in [7, 11) is 3.05. The summed E-state index contributed by atoms with van der Waals surface area (Å²) in [5, 5.41) is 2.70. The minimum absolute atomic E-state index is 0.220. The molecule has 2 rings (SSSR count). The Hall–Kier alpha value is -3.02. The molecule has 1 amide bonds. The number of rotatable bonds is 8. The summed E-state index contributed by atoms with van der Waals surface area (Å²) in [5.41, 5.74) is 1.58. The average molecular weight is 357 g/mol. The molecule has 6 nitrogen and oxygen atoms in total. The van der Waals surface area contributed by atoms with Crippen LogP contribution in [-0.4, -0.2) is 32.2 Å². The first-order valence-electron chi connectivity index (χ1n) is 8.29. The molecule has 2 aromatic carbocycles. The van der Waals surface area contributed by atoms with E-state index in [0.29, 0.717) is 23.6 Å². The van der Waals surface area contributed by atoms with Gasteiger partial charge in [-0.2, -0.15) is 0 Å². The van der Waals surface area contributed by atoms with Crippen LogP contribution in [-0.2, 0) is 20.7 Å². The van der Waals surface area contributed by atoms with E-state index >= 15 is 0 Å². The number of methoxy groups -OCH3 is 2. The maximum absolute atomic E-state index is 12.2. The molecule has 0 spiro atoms. The van der Waals surface area contributed by atoms with Crippen molar-refractivity contribution < 1.29 is 23.8 Å². The van der Waals surface area contributed by atoms with Gasteiger partial charge in [0, 0.05) is 18.2 Å². The van der Waals surface area contributed by atoms with Crippen LogP contribution in [0.3, 0.4) is 0 Å². The molecule has 0 fully saturated rings. The highest BCUT2D eigenvalue weighted by Crippen LogP contribution is 2.29. The maximum Gasteiger partial charge on any atom is 0.306 e. The Morgan fingerprint density at radius 1 is 1.00 bits per heavy atom. The van der Waals surface area contributed by atoms with Gasteiger partial charge in [0.1, 0.15) is 0 Å². The van der Waals surface area contributed by atoms with Crippen molar-refractivity contribution in [2.75, 3.05) is 19.5 Å². The van der Waals surface area contributed by atoms with Crippen molar-refractivity contribution in [3.05, 3.63) is 54.1 Å². The number of hydrogen-bond donors (Lipinski definition) is 1. The third-order valence-electron chi connectivity index (χ3n) is 3.79. The Labute approximate surface area is 153 Å². The van der Waals surface area contributed by atoms with Gasteiger partial charge in [0.15, 0.2) is 17.6 Å². The molecule has 1 N–H and O–H groups in total. The number of nitrogens with one attached hydrogen (secondary N) is 1. The van der Waals surface area contributed by atoms with Crippen LogP contribution in [0.4, 0.5) is 5.69 Å². The zero-order chi connectivity index (χ0) is 18.9. The number of anilines is 1. The van der Waals surface area contributed by atoms with E-state index in [2.05, 4.69) is 5.32 Å². The van der Waals surface area contributed by atoms with Crippen LogP contribution in [0.1, 0.15) is 18.9 Å². The number of carbonyl (C=O) groups excluding carboxylic acids is 2. The highest BCUT2D eigenvalue weighted by atomic mass is 16.5. The molecule has 0 heterocycles. The molecule has 6 heteroatoms. The summed E-state index contributed by atoms with van der Waals surface area (Å²) in [6, 6.07) is 14.7. The van der Waals surface area contributed by atoms with E-state index < -0.39 is 18.0 Å². The molecule has 2 aromatic rings. The standard InChI is InChI=1S/C20H23NO5/c1-14(26-19(22)12-9-15-7-5-4-6-8-15)20(23)21-16-10-11-17(24-2)18(13-16)25-3/h4-8,10-11,13-14H,9,12H2,1-3H3,(H,21,23). The van der Waals surface area contributed by atoms with E-state index in [9.17, 15) is 9.59 Å². The fourth-order valence-corrected chi connectivity index (χ4v) is 2.36. The van der Waals surface area contributed by atoms with E-state index in [1.54, 1.807) is 18.2 Å². The molecule has 1 unspecified atom stereocenters. The van der Waals surface area contributed by atoms with E-state index in [0.717, 1.165) is 5.56 Å². The predicted molar refractivity (Wildman–Crippen MR) is 98.5 cm³/mol. The van der Waals surface area contributed by atoms with E-state index in [-0.39, 0.29) is 6.42 Å². The molecule has 0 aliphatic heterocycles. The normalized spacial score (nSPS) is 11.3. The van der Waals surface area contributed by atoms with Gasteiger partial charge in [-0.15, -0.1) is 0 Å². The fourth-order valence-electron chi connectivity index (χ4n) is 2.36. The Morgan fingerprint density at radius 3 is 2.35 bits per heavy atom. The second kappa shape index (κ2) is 9.46. The molecule has 0 aliphatic rings. The highest BCUT2D eigenvalue weighted by molar-refractivity contribution is 5.95. The number of esters is 1. The van der Waals surface area contributed by atoms with Crippen LogP contribution >= 0.6 is 0 Å². The first-order valence-corrected chi connectivity index (χ1v) is 8.29. The van der Waals surface area contributed by atoms with Crippen LogP contribution in [0.25, 0.3) is 0 Å². The van der Waals surface area contributed by atoms with E-state index in [4.69, 9.17) is 14.2 Å². The van der Waals surface area contributed by atoms with Gasteiger partial charge in [0.2, 0.25) is 0 Å². The molecule has 0 saturated carbocycles. The molecule has 0 aliphatic carbocycles. The second-order valence-electron chi connectivity index (χ2n) is 5.68. The lowest BCUT2D eigenvalue weighted by molar-refractivity contribution is -0.153. The lowest BCUT2D eigenvalue weighted by atomic mass is 10.1. The SMILES string of the molecule is COc1ccc(NC(=O)C(C)OC(=O)CCc2ccccc2)cc1OC. The second-order valence-corrected chi connectivity index (χ2v) is 5.68. The van der Waals surface area contributed by atoms with Crippen molar-refractivity contribution in [3.63, 3.8) is 0 Å². The molecule has 0 bridgehead atoms. The molecule has 0 radical (unpaired) electrons. The summed E-state index contributed by atoms with van der Waals surface area (Å²) in [4.78, 5) is 24.1. The summed E-state index contributed by atoms with van der Waals surface area (Å²) in [6.07, 6.45) is -0.104. The Morgan fingerprint density at radius 2 is 1.69 bits per heavy atom. The number of carbonyl (C=O) groups is 2. The van der Waals surface area contributed by atoms with Gasteiger partial charge in [0.05, 0.1) is 14.2 Å². The largest absolute Gasteiger partial charge is 0.493 e. The van der Waals surface area contributed by atoms with Crippen molar-refractivity contribution in [2.45, 2.75) is 25.9 Å². The zero-order valence-corrected chi connectivity index (χ0v) is 15.2. The van der Waals surface area contributed by atoms with Crippen molar-refractivity contribution in [1.82, 2.24) is 0 Å². The Kier molecular flexibility index (Phi) is 7.02. The van der Waals surface area contributed by atoms with Gasteiger partial charge in [-0.1, -0.05) is 30.3 Å². The number of aryl methyl sites for hydroxylation is 1. The predicted octanol–water partition coefficient (Wildman–Crippen LogP) is 3.21. The molecular weight excluding hydrogens is 334 g/mol. The Bertz CT molecular complexity index is 745. The van der Waals surface area contributed by atoms with Crippen LogP contribution in [0, 0.1) is 0 Å². The van der Waals surface area contributed by atoms with Crippen LogP contribution < -0.4 is 14.8 Å². The minimum Gasteiger partial charge on any atom is -0.493 e. The van der Waals surface area contributed by atoms with Crippen molar-refractivity contribution >= 4 is 17.6 Å². The lowest BCUT2D eigenvalue weighted by Gasteiger charge is -2.15. The van der Waals surface area contributed by atoms with E-state index in [1.165, 1.54) is 21.1 Å².